The predicted octanol–water partition coefficient (Wildman–Crippen LogP) is 1.09. The third-order valence-electron chi connectivity index (χ3n) is 2.62. The van der Waals surface area contributed by atoms with Crippen LogP contribution < -0.4 is 0 Å². The van der Waals surface area contributed by atoms with E-state index in [-0.39, 0.29) is 0 Å². The number of carbonyl (C=O) groups is 1. The molecule has 68 valence electrons. The van der Waals surface area contributed by atoms with Crippen molar-refractivity contribution in [2.45, 2.75) is 44.2 Å². The van der Waals surface area contributed by atoms with Gasteiger partial charge in [-0.05, 0) is 25.7 Å². The van der Waals surface area contributed by atoms with Crippen molar-refractivity contribution < 1.29 is 9.90 Å². The monoisotopic (exact) mass is 169 g/mol. The average Bonchev–Trinajstić information content (AvgIpc) is 2.83. The van der Waals surface area contributed by atoms with Crippen LogP contribution in [-0.4, -0.2) is 34.6 Å². The topological polar surface area (TPSA) is 40.5 Å². The highest BCUT2D eigenvalue weighted by atomic mass is 16.4. The number of carboxylic acid groups (broad SMARTS) is 1. The summed E-state index contributed by atoms with van der Waals surface area (Å²) in [5, 5.41) is 8.54. The van der Waals surface area contributed by atoms with Gasteiger partial charge in [0.25, 0.3) is 0 Å². The molecule has 0 aromatic carbocycles. The summed E-state index contributed by atoms with van der Waals surface area (Å²) in [5.74, 6) is -0.665. The van der Waals surface area contributed by atoms with Gasteiger partial charge in [-0.1, -0.05) is 0 Å². The molecule has 0 spiro atoms. The Hall–Kier alpha value is -0.570. The molecular weight excluding hydrogens is 154 g/mol. The van der Waals surface area contributed by atoms with Crippen LogP contribution in [0.3, 0.4) is 0 Å². The SMILES string of the molecule is O=C(O)CCN(C1CC1)C1CC1. The van der Waals surface area contributed by atoms with E-state index >= 15 is 0 Å². The molecule has 2 fully saturated rings. The summed E-state index contributed by atoms with van der Waals surface area (Å²) < 4.78 is 0. The van der Waals surface area contributed by atoms with Crippen molar-refractivity contribution in [1.82, 2.24) is 4.90 Å². The van der Waals surface area contributed by atoms with E-state index in [4.69, 9.17) is 5.11 Å². The maximum absolute atomic E-state index is 10.4. The largest absolute Gasteiger partial charge is 0.481 e. The molecule has 0 radical (unpaired) electrons. The minimum absolute atomic E-state index is 0.312. The molecule has 2 saturated carbocycles. The number of rotatable bonds is 5. The van der Waals surface area contributed by atoms with E-state index < -0.39 is 5.97 Å². The van der Waals surface area contributed by atoms with Gasteiger partial charge in [0, 0.05) is 18.6 Å². The minimum Gasteiger partial charge on any atom is -0.481 e. The van der Waals surface area contributed by atoms with Crippen LogP contribution >= 0.6 is 0 Å². The van der Waals surface area contributed by atoms with E-state index in [0.29, 0.717) is 6.42 Å². The van der Waals surface area contributed by atoms with Gasteiger partial charge in [-0.3, -0.25) is 9.69 Å². The van der Waals surface area contributed by atoms with Crippen LogP contribution in [-0.2, 0) is 4.79 Å². The van der Waals surface area contributed by atoms with Crippen LogP contribution in [0.1, 0.15) is 32.1 Å². The normalized spacial score (nSPS) is 23.1. The molecule has 1 N–H and O–H groups in total. The Morgan fingerprint density at radius 3 is 2.08 bits per heavy atom. The summed E-state index contributed by atoms with van der Waals surface area (Å²) in [6, 6.07) is 1.47. The third kappa shape index (κ3) is 1.97. The fraction of sp³-hybridized carbons (Fsp3) is 0.889. The Balaban J connectivity index is 1.76. The van der Waals surface area contributed by atoms with Gasteiger partial charge < -0.3 is 5.11 Å². The van der Waals surface area contributed by atoms with Crippen molar-refractivity contribution in [2.75, 3.05) is 6.54 Å². The van der Waals surface area contributed by atoms with Crippen molar-refractivity contribution in [3.8, 4) is 0 Å². The lowest BCUT2D eigenvalue weighted by molar-refractivity contribution is -0.137. The van der Waals surface area contributed by atoms with E-state index in [1.807, 2.05) is 0 Å². The summed E-state index contributed by atoms with van der Waals surface area (Å²) in [7, 11) is 0. The molecule has 0 aromatic heterocycles. The summed E-state index contributed by atoms with van der Waals surface area (Å²) in [4.78, 5) is 12.8. The second-order valence-electron chi connectivity index (χ2n) is 3.84. The number of carboxylic acids is 1. The molecule has 0 atom stereocenters. The first-order valence-corrected chi connectivity index (χ1v) is 4.75. The minimum atomic E-state index is -0.665. The second kappa shape index (κ2) is 3.05. The second-order valence-corrected chi connectivity index (χ2v) is 3.84. The Labute approximate surface area is 72.4 Å². The highest BCUT2D eigenvalue weighted by Gasteiger charge is 2.38. The van der Waals surface area contributed by atoms with Gasteiger partial charge in [-0.2, -0.15) is 0 Å². The van der Waals surface area contributed by atoms with Gasteiger partial charge in [0.15, 0.2) is 0 Å². The molecule has 0 saturated heterocycles. The first kappa shape index (κ1) is 8.05. The molecule has 3 heteroatoms. The van der Waals surface area contributed by atoms with Crippen molar-refractivity contribution in [2.24, 2.45) is 0 Å². The third-order valence-corrected chi connectivity index (χ3v) is 2.62. The Morgan fingerprint density at radius 2 is 1.75 bits per heavy atom. The van der Waals surface area contributed by atoms with E-state index in [1.165, 1.54) is 25.7 Å². The van der Waals surface area contributed by atoms with Crippen molar-refractivity contribution >= 4 is 5.97 Å². The summed E-state index contributed by atoms with van der Waals surface area (Å²) in [6.45, 7) is 0.769. The van der Waals surface area contributed by atoms with Gasteiger partial charge >= 0.3 is 5.97 Å². The van der Waals surface area contributed by atoms with Crippen molar-refractivity contribution in [3.05, 3.63) is 0 Å². The van der Waals surface area contributed by atoms with Gasteiger partial charge in [0.1, 0.15) is 0 Å². The molecule has 3 nitrogen and oxygen atoms in total. The molecule has 2 aliphatic rings. The zero-order valence-electron chi connectivity index (χ0n) is 7.20. The molecule has 0 amide bonds. The van der Waals surface area contributed by atoms with Gasteiger partial charge in [0.2, 0.25) is 0 Å². The van der Waals surface area contributed by atoms with Gasteiger partial charge in [0.05, 0.1) is 6.42 Å². The van der Waals surface area contributed by atoms with Crippen LogP contribution in [0.4, 0.5) is 0 Å². The number of nitrogens with zero attached hydrogens (tertiary/aromatic N) is 1. The van der Waals surface area contributed by atoms with Crippen molar-refractivity contribution in [1.29, 1.82) is 0 Å². The van der Waals surface area contributed by atoms with E-state index in [2.05, 4.69) is 4.90 Å². The van der Waals surface area contributed by atoms with Crippen LogP contribution in [0.15, 0.2) is 0 Å². The fourth-order valence-corrected chi connectivity index (χ4v) is 1.70. The lowest BCUT2D eigenvalue weighted by Gasteiger charge is -2.19. The number of hydrogen-bond acceptors (Lipinski definition) is 2. The zero-order chi connectivity index (χ0) is 8.55. The van der Waals surface area contributed by atoms with Crippen molar-refractivity contribution in [3.63, 3.8) is 0 Å². The van der Waals surface area contributed by atoms with Gasteiger partial charge in [-0.25, -0.2) is 0 Å². The molecule has 0 unspecified atom stereocenters. The zero-order valence-corrected chi connectivity index (χ0v) is 7.20. The van der Waals surface area contributed by atoms with E-state index in [9.17, 15) is 4.79 Å². The highest BCUT2D eigenvalue weighted by molar-refractivity contribution is 5.66. The molecule has 2 aliphatic carbocycles. The Bertz CT molecular complexity index is 173. The lowest BCUT2D eigenvalue weighted by Crippen LogP contribution is -2.30. The van der Waals surface area contributed by atoms with Crippen LogP contribution in [0.2, 0.25) is 0 Å². The fourth-order valence-electron chi connectivity index (χ4n) is 1.70. The molecule has 2 rings (SSSR count). The molecule has 0 bridgehead atoms. The first-order chi connectivity index (χ1) is 5.77. The Kier molecular flexibility index (Phi) is 2.05. The summed E-state index contributed by atoms with van der Waals surface area (Å²) >= 11 is 0. The number of hydrogen-bond donors (Lipinski definition) is 1. The first-order valence-electron chi connectivity index (χ1n) is 4.75. The lowest BCUT2D eigenvalue weighted by atomic mass is 10.3. The number of aliphatic carboxylic acids is 1. The predicted molar refractivity (Wildman–Crippen MR) is 45.0 cm³/mol. The van der Waals surface area contributed by atoms with E-state index in [0.717, 1.165) is 18.6 Å². The summed E-state index contributed by atoms with van der Waals surface area (Å²) in [5.41, 5.74) is 0. The standard InChI is InChI=1S/C9H15NO2/c11-9(12)5-6-10(7-1-2-7)8-3-4-8/h7-8H,1-6H2,(H,11,12). The maximum atomic E-state index is 10.4. The molecule has 0 heterocycles. The highest BCUT2D eigenvalue weighted by Crippen LogP contribution is 2.37. The summed E-state index contributed by atoms with van der Waals surface area (Å²) in [6.07, 6.45) is 5.46. The molecule has 0 aromatic rings. The van der Waals surface area contributed by atoms with Gasteiger partial charge in [-0.15, -0.1) is 0 Å². The maximum Gasteiger partial charge on any atom is 0.304 e. The van der Waals surface area contributed by atoms with Crippen LogP contribution in [0.25, 0.3) is 0 Å². The quantitative estimate of drug-likeness (QED) is 0.669. The molecule has 0 aliphatic heterocycles. The molecule has 12 heavy (non-hydrogen) atoms. The Morgan fingerprint density at radius 1 is 1.25 bits per heavy atom. The van der Waals surface area contributed by atoms with Crippen LogP contribution in [0, 0.1) is 0 Å². The smallest absolute Gasteiger partial charge is 0.304 e. The average molecular weight is 169 g/mol. The van der Waals surface area contributed by atoms with Crippen LogP contribution in [0.5, 0.6) is 0 Å². The van der Waals surface area contributed by atoms with E-state index in [1.54, 1.807) is 0 Å². The molecular formula is C9H15NO2.